The zero-order chi connectivity index (χ0) is 19.1. The van der Waals surface area contributed by atoms with Crippen molar-refractivity contribution < 1.29 is 32.3 Å². The molecule has 0 N–H and O–H groups in total. The molecule has 134 valence electrons. The first kappa shape index (κ1) is 17.8. The molecule has 0 bridgehead atoms. The Balaban J connectivity index is 2.04. The fourth-order valence-corrected chi connectivity index (χ4v) is 4.33. The van der Waals surface area contributed by atoms with Crippen molar-refractivity contribution in [3.63, 3.8) is 0 Å². The number of ether oxygens (including phenoxy) is 2. The number of carbonyl (C=O) groups is 3. The zero-order valence-electron chi connectivity index (χ0n) is 13.9. The molecule has 1 heterocycles. The number of rotatable bonds is 3. The quantitative estimate of drug-likeness (QED) is 0.644. The predicted molar refractivity (Wildman–Crippen MR) is 88.7 cm³/mol. The Morgan fingerprint density at radius 1 is 1.00 bits per heavy atom. The predicted octanol–water partition coefficient (Wildman–Crippen LogP) is 1.78. The third-order valence-corrected chi connectivity index (χ3v) is 5.84. The van der Waals surface area contributed by atoms with Gasteiger partial charge in [0.1, 0.15) is 0 Å². The maximum atomic E-state index is 12.8. The number of fused-ring (bicyclic) bond motifs is 2. The van der Waals surface area contributed by atoms with Crippen molar-refractivity contribution >= 4 is 27.6 Å². The van der Waals surface area contributed by atoms with Crippen molar-refractivity contribution in [3.8, 4) is 0 Å². The molecule has 3 rings (SSSR count). The lowest BCUT2D eigenvalue weighted by atomic mass is 10.0. The molecule has 1 aliphatic heterocycles. The fourth-order valence-electron chi connectivity index (χ4n) is 2.65. The SMILES string of the molecule is COC(=O)C(C)OC(=O)c1ccc2c(c1)S(=O)(=O)c1ccccc1C2=O. The Morgan fingerprint density at radius 3 is 2.35 bits per heavy atom. The van der Waals surface area contributed by atoms with Crippen molar-refractivity contribution in [2.24, 2.45) is 0 Å². The average Bonchev–Trinajstić information content (AvgIpc) is 2.65. The number of sulfone groups is 1. The molecule has 1 unspecified atom stereocenters. The first-order valence-corrected chi connectivity index (χ1v) is 9.07. The molecule has 0 aliphatic carbocycles. The maximum absolute atomic E-state index is 12.8. The van der Waals surface area contributed by atoms with Gasteiger partial charge in [0.25, 0.3) is 0 Å². The standard InChI is InChI=1S/C18H14O7S/c1-10(17(20)24-2)25-18(21)11-7-8-13-15(9-11)26(22,23)14-6-4-3-5-12(14)16(13)19/h3-10H,1-2H3. The van der Waals surface area contributed by atoms with Crippen LogP contribution < -0.4 is 0 Å². The van der Waals surface area contributed by atoms with Gasteiger partial charge in [0.05, 0.1) is 22.5 Å². The Hall–Kier alpha value is -3.00. The highest BCUT2D eigenvalue weighted by molar-refractivity contribution is 7.91. The molecule has 0 amide bonds. The van der Waals surface area contributed by atoms with Crippen molar-refractivity contribution in [2.45, 2.75) is 22.8 Å². The van der Waals surface area contributed by atoms with Crippen LogP contribution in [-0.2, 0) is 24.1 Å². The van der Waals surface area contributed by atoms with E-state index in [1.807, 2.05) is 0 Å². The molecule has 1 aliphatic rings. The van der Waals surface area contributed by atoms with Gasteiger partial charge in [-0.3, -0.25) is 4.79 Å². The molecular weight excluding hydrogens is 360 g/mol. The van der Waals surface area contributed by atoms with Gasteiger partial charge in [-0.25, -0.2) is 18.0 Å². The Morgan fingerprint density at radius 2 is 1.65 bits per heavy atom. The minimum atomic E-state index is -3.96. The van der Waals surface area contributed by atoms with Crippen LogP contribution in [0.25, 0.3) is 0 Å². The normalized spacial score (nSPS) is 15.4. The summed E-state index contributed by atoms with van der Waals surface area (Å²) in [5.74, 6) is -2.08. The first-order valence-electron chi connectivity index (χ1n) is 7.59. The summed E-state index contributed by atoms with van der Waals surface area (Å²) < 4.78 is 35.0. The van der Waals surface area contributed by atoms with E-state index in [0.29, 0.717) is 0 Å². The molecule has 26 heavy (non-hydrogen) atoms. The van der Waals surface area contributed by atoms with Crippen molar-refractivity contribution in [3.05, 3.63) is 59.2 Å². The molecule has 0 spiro atoms. The van der Waals surface area contributed by atoms with E-state index in [4.69, 9.17) is 4.74 Å². The number of benzene rings is 2. The second-order valence-electron chi connectivity index (χ2n) is 5.61. The van der Waals surface area contributed by atoms with E-state index in [0.717, 1.165) is 13.2 Å². The highest BCUT2D eigenvalue weighted by Crippen LogP contribution is 2.34. The van der Waals surface area contributed by atoms with E-state index in [2.05, 4.69) is 4.74 Å². The number of methoxy groups -OCH3 is 1. The van der Waals surface area contributed by atoms with E-state index in [1.165, 1.54) is 37.3 Å². The lowest BCUT2D eigenvalue weighted by Gasteiger charge is -2.19. The molecule has 8 heteroatoms. The largest absolute Gasteiger partial charge is 0.466 e. The lowest BCUT2D eigenvalue weighted by Crippen LogP contribution is -2.26. The van der Waals surface area contributed by atoms with Gasteiger partial charge in [-0.15, -0.1) is 0 Å². The van der Waals surface area contributed by atoms with E-state index in [9.17, 15) is 22.8 Å². The van der Waals surface area contributed by atoms with Crippen LogP contribution in [0.4, 0.5) is 0 Å². The van der Waals surface area contributed by atoms with Crippen molar-refractivity contribution in [1.82, 2.24) is 0 Å². The van der Waals surface area contributed by atoms with E-state index >= 15 is 0 Å². The van der Waals surface area contributed by atoms with Crippen LogP contribution in [0.5, 0.6) is 0 Å². The van der Waals surface area contributed by atoms with Crippen LogP contribution in [0.15, 0.2) is 52.3 Å². The van der Waals surface area contributed by atoms with E-state index in [-0.39, 0.29) is 26.5 Å². The van der Waals surface area contributed by atoms with Crippen LogP contribution in [0.2, 0.25) is 0 Å². The van der Waals surface area contributed by atoms with Crippen LogP contribution in [-0.4, -0.2) is 39.4 Å². The van der Waals surface area contributed by atoms with E-state index < -0.39 is 33.7 Å². The summed E-state index contributed by atoms with van der Waals surface area (Å²) in [7, 11) is -2.81. The number of hydrogen-bond acceptors (Lipinski definition) is 7. The maximum Gasteiger partial charge on any atom is 0.346 e. The Bertz CT molecular complexity index is 1040. The third kappa shape index (κ3) is 2.78. The van der Waals surface area contributed by atoms with Crippen LogP contribution in [0.1, 0.15) is 33.2 Å². The summed E-state index contributed by atoms with van der Waals surface area (Å²) in [6, 6.07) is 9.53. The molecule has 0 saturated carbocycles. The summed E-state index contributed by atoms with van der Waals surface area (Å²) in [4.78, 5) is 35.7. The average molecular weight is 374 g/mol. The topological polar surface area (TPSA) is 104 Å². The molecule has 0 saturated heterocycles. The number of ketones is 1. The third-order valence-electron chi connectivity index (χ3n) is 3.99. The van der Waals surface area contributed by atoms with Crippen LogP contribution in [0.3, 0.4) is 0 Å². The summed E-state index contributed by atoms with van der Waals surface area (Å²) in [6.07, 6.45) is -1.15. The highest BCUT2D eigenvalue weighted by Gasteiger charge is 2.35. The minimum Gasteiger partial charge on any atom is -0.466 e. The molecular formula is C18H14O7S. The summed E-state index contributed by atoms with van der Waals surface area (Å²) in [5.41, 5.74) is -0.00818. The first-order chi connectivity index (χ1) is 12.3. The van der Waals surface area contributed by atoms with Crippen LogP contribution in [0, 0.1) is 0 Å². The van der Waals surface area contributed by atoms with Gasteiger partial charge >= 0.3 is 11.9 Å². The van der Waals surface area contributed by atoms with Gasteiger partial charge in [-0.2, -0.15) is 0 Å². The van der Waals surface area contributed by atoms with Gasteiger partial charge in [-0.1, -0.05) is 12.1 Å². The van der Waals surface area contributed by atoms with Gasteiger partial charge in [0.15, 0.2) is 11.9 Å². The van der Waals surface area contributed by atoms with Crippen molar-refractivity contribution in [2.75, 3.05) is 7.11 Å². The second kappa shape index (κ2) is 6.38. The molecule has 1 atom stereocenters. The smallest absolute Gasteiger partial charge is 0.346 e. The second-order valence-corrected chi connectivity index (χ2v) is 7.50. The molecule has 2 aromatic carbocycles. The molecule has 7 nitrogen and oxygen atoms in total. The van der Waals surface area contributed by atoms with Gasteiger partial charge in [-0.05, 0) is 37.3 Å². The Labute approximate surface area is 149 Å². The molecule has 0 aromatic heterocycles. The van der Waals surface area contributed by atoms with Crippen molar-refractivity contribution in [1.29, 1.82) is 0 Å². The van der Waals surface area contributed by atoms with Gasteiger partial charge in [0.2, 0.25) is 9.84 Å². The van der Waals surface area contributed by atoms with E-state index in [1.54, 1.807) is 6.07 Å². The minimum absolute atomic E-state index is 0.0127. The molecule has 0 radical (unpaired) electrons. The molecule has 2 aromatic rings. The number of esters is 2. The number of hydrogen-bond donors (Lipinski definition) is 0. The summed E-state index contributed by atoms with van der Waals surface area (Å²) in [6.45, 7) is 1.33. The van der Waals surface area contributed by atoms with Gasteiger partial charge < -0.3 is 9.47 Å². The number of carbonyl (C=O) groups excluding carboxylic acids is 3. The van der Waals surface area contributed by atoms with Gasteiger partial charge in [0, 0.05) is 11.1 Å². The fraction of sp³-hybridized carbons (Fsp3) is 0.167. The summed E-state index contributed by atoms with van der Waals surface area (Å²) in [5, 5.41) is 0. The summed E-state index contributed by atoms with van der Waals surface area (Å²) >= 11 is 0. The van der Waals surface area contributed by atoms with Crippen LogP contribution >= 0.6 is 0 Å². The highest BCUT2D eigenvalue weighted by atomic mass is 32.2. The Kier molecular flexibility index (Phi) is 4.37. The lowest BCUT2D eigenvalue weighted by molar-refractivity contribution is -0.149. The molecule has 0 fully saturated rings. The zero-order valence-corrected chi connectivity index (χ0v) is 14.7. The monoisotopic (exact) mass is 374 g/mol.